The Kier molecular flexibility index (Phi) is 5.30. The molecule has 0 heterocycles. The molecule has 0 aliphatic rings. The summed E-state index contributed by atoms with van der Waals surface area (Å²) in [6, 6.07) is 4.41. The van der Waals surface area contributed by atoms with Crippen LogP contribution in [0.25, 0.3) is 0 Å². The van der Waals surface area contributed by atoms with Crippen LogP contribution in [0, 0.1) is 12.7 Å². The van der Waals surface area contributed by atoms with Crippen LogP contribution in [-0.4, -0.2) is 18.1 Å². The maximum Gasteiger partial charge on any atom is 0.237 e. The van der Waals surface area contributed by atoms with Gasteiger partial charge in [-0.2, -0.15) is 0 Å². The Bertz CT molecular complexity index is 447. The lowest BCUT2D eigenvalue weighted by Gasteiger charge is -2.20. The molecule has 0 aliphatic heterocycles. The highest BCUT2D eigenvalue weighted by molar-refractivity contribution is 5.83. The van der Waals surface area contributed by atoms with Crippen LogP contribution in [0.3, 0.4) is 0 Å². The number of carbonyl (C=O) groups is 1. The summed E-state index contributed by atoms with van der Waals surface area (Å²) in [5.74, 6) is -0.0974. The molecular formula is C14H21FN2O2. The molecule has 0 fully saturated rings. The monoisotopic (exact) mass is 268 g/mol. The van der Waals surface area contributed by atoms with E-state index in [1.165, 1.54) is 12.1 Å². The van der Waals surface area contributed by atoms with Gasteiger partial charge in [-0.3, -0.25) is 4.79 Å². The molecule has 5 heteroatoms. The predicted octanol–water partition coefficient (Wildman–Crippen LogP) is 1.89. The molecule has 4 N–H and O–H groups in total. The summed E-state index contributed by atoms with van der Waals surface area (Å²) >= 11 is 0. The molecule has 106 valence electrons. The molecule has 1 atom stereocenters. The van der Waals surface area contributed by atoms with Crippen LogP contribution in [0.1, 0.15) is 31.7 Å². The summed E-state index contributed by atoms with van der Waals surface area (Å²) in [4.78, 5) is 11.0. The second kappa shape index (κ2) is 6.52. The second-order valence-electron chi connectivity index (χ2n) is 5.00. The first kappa shape index (κ1) is 15.4. The molecule has 0 aromatic heterocycles. The van der Waals surface area contributed by atoms with Gasteiger partial charge in [-0.05, 0) is 56.9 Å². The molecule has 1 rings (SSSR count). The number of halogens is 1. The average molecular weight is 268 g/mol. The highest BCUT2D eigenvalue weighted by atomic mass is 19.1. The van der Waals surface area contributed by atoms with Crippen LogP contribution in [0.15, 0.2) is 18.2 Å². The minimum absolute atomic E-state index is 0.273. The number of ether oxygens (including phenoxy) is 1. The number of aryl methyl sites for hydroxylation is 1. The summed E-state index contributed by atoms with van der Waals surface area (Å²) in [5, 5.41) is 0. The van der Waals surface area contributed by atoms with Crippen molar-refractivity contribution in [1.29, 1.82) is 0 Å². The van der Waals surface area contributed by atoms with Gasteiger partial charge >= 0.3 is 0 Å². The number of nitrogens with two attached hydrogens (primary N) is 2. The topological polar surface area (TPSA) is 78.3 Å². The molecule has 0 bridgehead atoms. The number of benzene rings is 1. The van der Waals surface area contributed by atoms with E-state index in [1.807, 2.05) is 0 Å². The SMILES string of the molecule is Cc1cc(F)ccc1OCCCCC(C)(N)C(N)=O. The van der Waals surface area contributed by atoms with Crippen molar-refractivity contribution in [2.24, 2.45) is 11.5 Å². The van der Waals surface area contributed by atoms with E-state index in [9.17, 15) is 9.18 Å². The van der Waals surface area contributed by atoms with Gasteiger partial charge in [-0.15, -0.1) is 0 Å². The maximum absolute atomic E-state index is 12.9. The number of hydrogen-bond acceptors (Lipinski definition) is 3. The van der Waals surface area contributed by atoms with Gasteiger partial charge in [-0.25, -0.2) is 4.39 Å². The molecule has 4 nitrogen and oxygen atoms in total. The highest BCUT2D eigenvalue weighted by Gasteiger charge is 2.24. The first-order chi connectivity index (χ1) is 8.83. The van der Waals surface area contributed by atoms with Gasteiger partial charge in [0.15, 0.2) is 0 Å². The third-order valence-electron chi connectivity index (χ3n) is 3.05. The summed E-state index contributed by atoms with van der Waals surface area (Å²) < 4.78 is 18.4. The van der Waals surface area contributed by atoms with Crippen molar-refractivity contribution in [3.8, 4) is 5.75 Å². The first-order valence-electron chi connectivity index (χ1n) is 6.30. The second-order valence-corrected chi connectivity index (χ2v) is 5.00. The summed E-state index contributed by atoms with van der Waals surface area (Å²) in [6.07, 6.45) is 2.03. The number of primary amides is 1. The van der Waals surface area contributed by atoms with E-state index in [2.05, 4.69) is 0 Å². The van der Waals surface area contributed by atoms with Crippen molar-refractivity contribution < 1.29 is 13.9 Å². The predicted molar refractivity (Wildman–Crippen MR) is 72.3 cm³/mol. The standard InChI is InChI=1S/C14H21FN2O2/c1-10-9-11(15)5-6-12(10)19-8-4-3-7-14(2,17)13(16)18/h5-6,9H,3-4,7-8,17H2,1-2H3,(H2,16,18). The Labute approximate surface area is 112 Å². The van der Waals surface area contributed by atoms with Gasteiger partial charge in [0.1, 0.15) is 11.6 Å². The van der Waals surface area contributed by atoms with E-state index in [1.54, 1.807) is 19.9 Å². The zero-order valence-corrected chi connectivity index (χ0v) is 11.4. The van der Waals surface area contributed by atoms with Crippen LogP contribution < -0.4 is 16.2 Å². The molecule has 0 saturated heterocycles. The van der Waals surface area contributed by atoms with Gasteiger partial charge in [0.05, 0.1) is 12.1 Å². The number of carbonyl (C=O) groups excluding carboxylic acids is 1. The number of hydrogen-bond donors (Lipinski definition) is 2. The third kappa shape index (κ3) is 4.87. The van der Waals surface area contributed by atoms with Crippen LogP contribution in [0.4, 0.5) is 4.39 Å². The van der Waals surface area contributed by atoms with Crippen molar-refractivity contribution >= 4 is 5.91 Å². The fourth-order valence-corrected chi connectivity index (χ4v) is 1.67. The smallest absolute Gasteiger partial charge is 0.237 e. The Balaban J connectivity index is 2.30. The van der Waals surface area contributed by atoms with E-state index in [0.717, 1.165) is 18.4 Å². The zero-order chi connectivity index (χ0) is 14.5. The van der Waals surface area contributed by atoms with Crippen LogP contribution in [0.5, 0.6) is 5.75 Å². The van der Waals surface area contributed by atoms with E-state index >= 15 is 0 Å². The fraction of sp³-hybridized carbons (Fsp3) is 0.500. The van der Waals surface area contributed by atoms with E-state index < -0.39 is 11.4 Å². The van der Waals surface area contributed by atoms with Gasteiger partial charge in [0.25, 0.3) is 0 Å². The normalized spacial score (nSPS) is 13.9. The maximum atomic E-state index is 12.9. The lowest BCUT2D eigenvalue weighted by Crippen LogP contribution is -2.49. The third-order valence-corrected chi connectivity index (χ3v) is 3.05. The van der Waals surface area contributed by atoms with Crippen molar-refractivity contribution in [3.63, 3.8) is 0 Å². The number of amides is 1. The minimum atomic E-state index is -0.966. The van der Waals surface area contributed by atoms with Crippen LogP contribution >= 0.6 is 0 Å². The quantitative estimate of drug-likeness (QED) is 0.741. The van der Waals surface area contributed by atoms with E-state index in [-0.39, 0.29) is 5.82 Å². The molecule has 0 spiro atoms. The first-order valence-corrected chi connectivity index (χ1v) is 6.30. The molecular weight excluding hydrogens is 247 g/mol. The molecule has 19 heavy (non-hydrogen) atoms. The molecule has 0 saturated carbocycles. The van der Waals surface area contributed by atoms with Crippen LogP contribution in [-0.2, 0) is 4.79 Å². The van der Waals surface area contributed by atoms with Crippen molar-refractivity contribution in [1.82, 2.24) is 0 Å². The van der Waals surface area contributed by atoms with E-state index in [4.69, 9.17) is 16.2 Å². The van der Waals surface area contributed by atoms with Crippen LogP contribution in [0.2, 0.25) is 0 Å². The Morgan fingerprint density at radius 2 is 2.11 bits per heavy atom. The summed E-state index contributed by atoms with van der Waals surface area (Å²) in [6.45, 7) is 3.92. The van der Waals surface area contributed by atoms with Crippen molar-refractivity contribution in [2.45, 2.75) is 38.6 Å². The van der Waals surface area contributed by atoms with Gasteiger partial charge in [0, 0.05) is 0 Å². The molecule has 0 radical (unpaired) electrons. The Morgan fingerprint density at radius 3 is 2.68 bits per heavy atom. The van der Waals surface area contributed by atoms with Gasteiger partial charge < -0.3 is 16.2 Å². The molecule has 0 aliphatic carbocycles. The largest absolute Gasteiger partial charge is 0.493 e. The lowest BCUT2D eigenvalue weighted by molar-refractivity contribution is -0.122. The number of rotatable bonds is 7. The lowest BCUT2D eigenvalue weighted by atomic mass is 9.96. The van der Waals surface area contributed by atoms with Gasteiger partial charge in [0.2, 0.25) is 5.91 Å². The molecule has 1 amide bonds. The zero-order valence-electron chi connectivity index (χ0n) is 11.4. The Hall–Kier alpha value is -1.62. The molecule has 1 unspecified atom stereocenters. The summed E-state index contributed by atoms with van der Waals surface area (Å²) in [7, 11) is 0. The fourth-order valence-electron chi connectivity index (χ4n) is 1.67. The highest BCUT2D eigenvalue weighted by Crippen LogP contribution is 2.19. The number of unbranched alkanes of at least 4 members (excludes halogenated alkanes) is 1. The van der Waals surface area contributed by atoms with Crippen molar-refractivity contribution in [2.75, 3.05) is 6.61 Å². The van der Waals surface area contributed by atoms with Gasteiger partial charge in [-0.1, -0.05) is 0 Å². The molecule has 1 aromatic carbocycles. The summed E-state index contributed by atoms with van der Waals surface area (Å²) in [5.41, 5.74) is 10.7. The Morgan fingerprint density at radius 1 is 1.42 bits per heavy atom. The van der Waals surface area contributed by atoms with E-state index in [0.29, 0.717) is 18.8 Å². The molecule has 1 aromatic rings. The minimum Gasteiger partial charge on any atom is -0.493 e. The van der Waals surface area contributed by atoms with Crippen molar-refractivity contribution in [3.05, 3.63) is 29.6 Å². The average Bonchev–Trinajstić information content (AvgIpc) is 2.31.